The Bertz CT molecular complexity index is 819. The van der Waals surface area contributed by atoms with E-state index in [4.69, 9.17) is 5.11 Å². The summed E-state index contributed by atoms with van der Waals surface area (Å²) in [4.78, 5) is 29.9. The maximum Gasteiger partial charge on any atom is 0.337 e. The summed E-state index contributed by atoms with van der Waals surface area (Å²) in [7, 11) is 0. The van der Waals surface area contributed by atoms with Crippen LogP contribution in [0.2, 0.25) is 0 Å². The molecule has 0 spiro atoms. The molecule has 1 unspecified atom stereocenters. The molecule has 2 aromatic rings. The Kier molecular flexibility index (Phi) is 5.07. The van der Waals surface area contributed by atoms with Crippen molar-refractivity contribution in [3.8, 4) is 0 Å². The molecule has 3 rings (SSSR count). The van der Waals surface area contributed by atoms with E-state index in [9.17, 15) is 9.59 Å². The number of amides is 1. The Morgan fingerprint density at radius 3 is 2.58 bits per heavy atom. The molecular formula is C21H24N2O3. The molecule has 1 aromatic heterocycles. The summed E-state index contributed by atoms with van der Waals surface area (Å²) in [5.74, 6) is -1.14. The third kappa shape index (κ3) is 3.93. The minimum absolute atomic E-state index is 0.0988. The van der Waals surface area contributed by atoms with E-state index in [2.05, 4.69) is 36.2 Å². The summed E-state index contributed by atoms with van der Waals surface area (Å²) >= 11 is 0. The minimum atomic E-state index is -1.02. The average Bonchev–Trinajstić information content (AvgIpc) is 3.02. The van der Waals surface area contributed by atoms with E-state index in [1.54, 1.807) is 6.92 Å². The molecule has 0 bridgehead atoms. The van der Waals surface area contributed by atoms with E-state index in [0.29, 0.717) is 24.5 Å². The van der Waals surface area contributed by atoms with Crippen LogP contribution in [0.25, 0.3) is 0 Å². The maximum atomic E-state index is 12.8. The van der Waals surface area contributed by atoms with Crippen molar-refractivity contribution in [3.05, 3.63) is 65.0 Å². The first kappa shape index (κ1) is 18.1. The topological polar surface area (TPSA) is 70.5 Å². The molecule has 1 fully saturated rings. The maximum absolute atomic E-state index is 12.8. The molecule has 5 heteroatoms. The molecule has 5 nitrogen and oxygen atoms in total. The van der Waals surface area contributed by atoms with E-state index in [0.717, 1.165) is 19.3 Å². The molecule has 1 amide bonds. The number of carbonyl (C=O) groups excluding carboxylic acids is 1. The lowest BCUT2D eigenvalue weighted by Crippen LogP contribution is -2.32. The van der Waals surface area contributed by atoms with Gasteiger partial charge in [-0.1, -0.05) is 37.3 Å². The number of benzene rings is 1. The summed E-state index contributed by atoms with van der Waals surface area (Å²) < 4.78 is 0. The summed E-state index contributed by atoms with van der Waals surface area (Å²) in [5, 5.41) is 9.09. The van der Waals surface area contributed by atoms with Gasteiger partial charge in [0.2, 0.25) is 0 Å². The Morgan fingerprint density at radius 2 is 1.92 bits per heavy atom. The number of carboxylic acid groups (broad SMARTS) is 1. The van der Waals surface area contributed by atoms with Gasteiger partial charge in [0.25, 0.3) is 5.91 Å². The fraction of sp³-hybridized carbons (Fsp3) is 0.381. The van der Waals surface area contributed by atoms with Gasteiger partial charge in [-0.25, -0.2) is 9.78 Å². The molecule has 0 radical (unpaired) electrons. The van der Waals surface area contributed by atoms with Crippen LogP contribution in [-0.4, -0.2) is 40.0 Å². The molecule has 0 aliphatic carbocycles. The number of carboxylic acids is 1. The molecule has 136 valence electrons. The summed E-state index contributed by atoms with van der Waals surface area (Å²) in [6.07, 6.45) is 3.01. The van der Waals surface area contributed by atoms with Crippen molar-refractivity contribution in [2.45, 2.75) is 33.1 Å². The fourth-order valence-electron chi connectivity index (χ4n) is 3.56. The molecule has 26 heavy (non-hydrogen) atoms. The molecule has 1 aliphatic heterocycles. The number of aryl methyl sites for hydroxylation is 2. The first-order chi connectivity index (χ1) is 12.4. The van der Waals surface area contributed by atoms with Crippen molar-refractivity contribution >= 4 is 11.9 Å². The van der Waals surface area contributed by atoms with Crippen LogP contribution in [0.5, 0.6) is 0 Å². The second-order valence-corrected chi connectivity index (χ2v) is 7.41. The van der Waals surface area contributed by atoms with E-state index in [1.165, 1.54) is 17.7 Å². The van der Waals surface area contributed by atoms with Gasteiger partial charge in [0, 0.05) is 13.1 Å². The number of aromatic carboxylic acids is 1. The van der Waals surface area contributed by atoms with Gasteiger partial charge in [0.05, 0.1) is 11.3 Å². The van der Waals surface area contributed by atoms with Crippen LogP contribution in [0.15, 0.2) is 42.5 Å². The van der Waals surface area contributed by atoms with Gasteiger partial charge < -0.3 is 10.0 Å². The summed E-state index contributed by atoms with van der Waals surface area (Å²) in [5.41, 5.74) is 2.24. The number of rotatable bonds is 5. The van der Waals surface area contributed by atoms with Crippen molar-refractivity contribution in [1.29, 1.82) is 0 Å². The Labute approximate surface area is 153 Å². The quantitative estimate of drug-likeness (QED) is 0.893. The van der Waals surface area contributed by atoms with Crippen LogP contribution in [0.4, 0.5) is 0 Å². The smallest absolute Gasteiger partial charge is 0.337 e. The SMILES string of the molecule is Cc1nc(C(=O)N2CCC(C)(CCc3ccccc3)C2)ccc1C(=O)O. The number of hydrogen-bond donors (Lipinski definition) is 1. The highest BCUT2D eigenvalue weighted by Crippen LogP contribution is 2.35. The summed E-state index contributed by atoms with van der Waals surface area (Å²) in [6, 6.07) is 13.4. The van der Waals surface area contributed by atoms with Crippen LogP contribution in [0, 0.1) is 12.3 Å². The Balaban J connectivity index is 1.65. The van der Waals surface area contributed by atoms with Gasteiger partial charge in [-0.3, -0.25) is 4.79 Å². The highest BCUT2D eigenvalue weighted by Gasteiger charge is 2.36. The molecule has 1 atom stereocenters. The third-order valence-corrected chi connectivity index (χ3v) is 5.24. The molecular weight excluding hydrogens is 328 g/mol. The Hall–Kier alpha value is -2.69. The van der Waals surface area contributed by atoms with Crippen LogP contribution >= 0.6 is 0 Å². The number of aromatic nitrogens is 1. The Morgan fingerprint density at radius 1 is 1.19 bits per heavy atom. The van der Waals surface area contributed by atoms with Crippen LogP contribution in [-0.2, 0) is 6.42 Å². The molecule has 1 saturated heterocycles. The lowest BCUT2D eigenvalue weighted by Gasteiger charge is -2.24. The predicted molar refractivity (Wildman–Crippen MR) is 99.3 cm³/mol. The van der Waals surface area contributed by atoms with Gasteiger partial charge in [-0.2, -0.15) is 0 Å². The van der Waals surface area contributed by atoms with Crippen molar-refractivity contribution < 1.29 is 14.7 Å². The zero-order chi connectivity index (χ0) is 18.7. The number of likely N-dealkylation sites (tertiary alicyclic amines) is 1. The number of nitrogens with zero attached hydrogens (tertiary/aromatic N) is 2. The van der Waals surface area contributed by atoms with Crippen LogP contribution in [0.3, 0.4) is 0 Å². The predicted octanol–water partition coefficient (Wildman–Crippen LogP) is 3.57. The van der Waals surface area contributed by atoms with Crippen LogP contribution in [0.1, 0.15) is 51.9 Å². The van der Waals surface area contributed by atoms with Gasteiger partial charge in [0.15, 0.2) is 0 Å². The zero-order valence-electron chi connectivity index (χ0n) is 15.2. The van der Waals surface area contributed by atoms with E-state index in [1.807, 2.05) is 11.0 Å². The van der Waals surface area contributed by atoms with Crippen LogP contribution < -0.4 is 0 Å². The first-order valence-electron chi connectivity index (χ1n) is 8.92. The first-order valence-corrected chi connectivity index (χ1v) is 8.92. The monoisotopic (exact) mass is 352 g/mol. The molecule has 0 saturated carbocycles. The molecule has 1 aromatic carbocycles. The lowest BCUT2D eigenvalue weighted by atomic mass is 9.83. The largest absolute Gasteiger partial charge is 0.478 e. The number of pyridine rings is 1. The van der Waals surface area contributed by atoms with Gasteiger partial charge >= 0.3 is 5.97 Å². The molecule has 1 N–H and O–H groups in total. The molecule has 1 aliphatic rings. The average molecular weight is 352 g/mol. The number of hydrogen-bond acceptors (Lipinski definition) is 3. The second-order valence-electron chi connectivity index (χ2n) is 7.41. The van der Waals surface area contributed by atoms with Gasteiger partial charge in [-0.15, -0.1) is 0 Å². The van der Waals surface area contributed by atoms with Crippen molar-refractivity contribution in [2.75, 3.05) is 13.1 Å². The van der Waals surface area contributed by atoms with Gasteiger partial charge in [0.1, 0.15) is 5.69 Å². The number of carbonyl (C=O) groups is 2. The fourth-order valence-corrected chi connectivity index (χ4v) is 3.56. The van der Waals surface area contributed by atoms with E-state index >= 15 is 0 Å². The highest BCUT2D eigenvalue weighted by molar-refractivity contribution is 5.94. The lowest BCUT2D eigenvalue weighted by molar-refractivity contribution is 0.0692. The standard InChI is InChI=1S/C21H24N2O3/c1-15-17(20(25)26)8-9-18(22-15)19(24)23-13-12-21(2,14-23)11-10-16-6-4-3-5-7-16/h3-9H,10-14H2,1-2H3,(H,25,26). The summed E-state index contributed by atoms with van der Waals surface area (Å²) in [6.45, 7) is 5.27. The highest BCUT2D eigenvalue weighted by atomic mass is 16.4. The minimum Gasteiger partial charge on any atom is -0.478 e. The van der Waals surface area contributed by atoms with Crippen molar-refractivity contribution in [1.82, 2.24) is 9.88 Å². The van der Waals surface area contributed by atoms with Crippen molar-refractivity contribution in [3.63, 3.8) is 0 Å². The van der Waals surface area contributed by atoms with Gasteiger partial charge in [-0.05, 0) is 49.3 Å². The zero-order valence-corrected chi connectivity index (χ0v) is 15.2. The second kappa shape index (κ2) is 7.28. The molecule has 2 heterocycles. The third-order valence-electron chi connectivity index (χ3n) is 5.24. The normalized spacial score (nSPS) is 19.5. The van der Waals surface area contributed by atoms with E-state index in [-0.39, 0.29) is 16.9 Å². The van der Waals surface area contributed by atoms with Crippen molar-refractivity contribution in [2.24, 2.45) is 5.41 Å². The van der Waals surface area contributed by atoms with E-state index < -0.39 is 5.97 Å².